The fourth-order valence-electron chi connectivity index (χ4n) is 1.50. The molecule has 21 heavy (non-hydrogen) atoms. The van der Waals surface area contributed by atoms with Crippen LogP contribution in [0.15, 0.2) is 29.3 Å². The van der Waals surface area contributed by atoms with Gasteiger partial charge in [-0.15, -0.1) is 24.0 Å². The van der Waals surface area contributed by atoms with E-state index >= 15 is 0 Å². The number of hydrogen-bond acceptors (Lipinski definition) is 2. The highest BCUT2D eigenvalue weighted by atomic mass is 127. The average molecular weight is 426 g/mol. The Morgan fingerprint density at radius 1 is 1.29 bits per heavy atom. The van der Waals surface area contributed by atoms with Crippen molar-refractivity contribution in [2.45, 2.75) is 32.9 Å². The van der Waals surface area contributed by atoms with Crippen molar-refractivity contribution in [1.29, 1.82) is 0 Å². The molecule has 0 aliphatic carbocycles. The van der Waals surface area contributed by atoms with Gasteiger partial charge in [0.25, 0.3) is 0 Å². The van der Waals surface area contributed by atoms with Crippen LogP contribution >= 0.6 is 35.6 Å². The maximum absolute atomic E-state index is 6.13. The first kappa shape index (κ1) is 20.5. The fraction of sp³-hybridized carbons (Fsp3) is 0.533. The Bertz CT molecular complexity index is 452. The van der Waals surface area contributed by atoms with Gasteiger partial charge in [-0.25, -0.2) is 4.99 Å². The molecular formula is C15H25ClIN3O. The molecule has 0 saturated heterocycles. The topological polar surface area (TPSA) is 45.7 Å². The fourth-order valence-corrected chi connectivity index (χ4v) is 1.70. The maximum atomic E-state index is 6.13. The molecule has 0 aliphatic heterocycles. The van der Waals surface area contributed by atoms with E-state index in [1.54, 1.807) is 7.11 Å². The summed E-state index contributed by atoms with van der Waals surface area (Å²) in [6, 6.07) is 7.74. The number of aliphatic imine (C=N–C) groups is 1. The molecule has 0 amide bonds. The van der Waals surface area contributed by atoms with E-state index in [0.717, 1.165) is 23.1 Å². The summed E-state index contributed by atoms with van der Waals surface area (Å²) in [5.41, 5.74) is 0.776. The summed E-state index contributed by atoms with van der Waals surface area (Å²) in [5, 5.41) is 7.22. The largest absolute Gasteiger partial charge is 0.377 e. The van der Waals surface area contributed by atoms with Crippen molar-refractivity contribution in [3.8, 4) is 0 Å². The Kier molecular flexibility index (Phi) is 9.98. The van der Waals surface area contributed by atoms with Gasteiger partial charge in [0.15, 0.2) is 5.96 Å². The minimum absolute atomic E-state index is 0. The van der Waals surface area contributed by atoms with E-state index in [1.165, 1.54) is 0 Å². The van der Waals surface area contributed by atoms with Crippen LogP contribution in [0.25, 0.3) is 0 Å². The van der Waals surface area contributed by atoms with Gasteiger partial charge in [-0.1, -0.05) is 29.8 Å². The van der Waals surface area contributed by atoms with Crippen LogP contribution in [0.1, 0.15) is 26.3 Å². The summed E-state index contributed by atoms with van der Waals surface area (Å²) in [5.74, 6) is 0.762. The number of rotatable bonds is 6. The highest BCUT2D eigenvalue weighted by molar-refractivity contribution is 14.0. The van der Waals surface area contributed by atoms with E-state index < -0.39 is 0 Å². The summed E-state index contributed by atoms with van der Waals surface area (Å²) in [4.78, 5) is 4.54. The molecule has 0 saturated carbocycles. The van der Waals surface area contributed by atoms with E-state index in [4.69, 9.17) is 16.3 Å². The highest BCUT2D eigenvalue weighted by Gasteiger charge is 2.16. The molecule has 2 N–H and O–H groups in total. The molecule has 1 aromatic carbocycles. The summed E-state index contributed by atoms with van der Waals surface area (Å²) in [6.07, 6.45) is 0. The highest BCUT2D eigenvalue weighted by Crippen LogP contribution is 2.15. The molecular weight excluding hydrogens is 401 g/mol. The monoisotopic (exact) mass is 425 g/mol. The van der Waals surface area contributed by atoms with Crippen molar-refractivity contribution in [1.82, 2.24) is 10.6 Å². The predicted octanol–water partition coefficient (Wildman–Crippen LogP) is 3.44. The summed E-state index contributed by atoms with van der Waals surface area (Å²) < 4.78 is 5.38. The number of halogens is 2. The normalized spacial score (nSPS) is 11.8. The second-order valence-electron chi connectivity index (χ2n) is 5.10. The molecule has 0 bridgehead atoms. The molecule has 0 heterocycles. The average Bonchev–Trinajstić information content (AvgIpc) is 2.43. The van der Waals surface area contributed by atoms with Crippen LogP contribution in [0.5, 0.6) is 0 Å². The molecule has 0 fully saturated rings. The van der Waals surface area contributed by atoms with E-state index in [9.17, 15) is 0 Å². The van der Waals surface area contributed by atoms with Crippen LogP contribution in [-0.2, 0) is 11.3 Å². The molecule has 6 heteroatoms. The van der Waals surface area contributed by atoms with Gasteiger partial charge < -0.3 is 15.4 Å². The minimum Gasteiger partial charge on any atom is -0.377 e. The Morgan fingerprint density at radius 2 is 1.95 bits per heavy atom. The van der Waals surface area contributed by atoms with E-state index in [-0.39, 0.29) is 29.6 Å². The first-order chi connectivity index (χ1) is 9.48. The molecule has 0 radical (unpaired) electrons. The standard InChI is InChI=1S/C15H24ClN3O.HI/c1-5-17-14(19-11-15(2,3)20-4)18-10-12-8-6-7-9-13(12)16;/h6-9H,5,10-11H2,1-4H3,(H2,17,18,19);1H. The third kappa shape index (κ3) is 7.87. The van der Waals surface area contributed by atoms with Crippen LogP contribution in [-0.4, -0.2) is 31.8 Å². The molecule has 120 valence electrons. The van der Waals surface area contributed by atoms with Crippen molar-refractivity contribution in [3.05, 3.63) is 34.9 Å². The van der Waals surface area contributed by atoms with Crippen LogP contribution < -0.4 is 10.6 Å². The second kappa shape index (κ2) is 10.2. The van der Waals surface area contributed by atoms with Gasteiger partial charge >= 0.3 is 0 Å². The van der Waals surface area contributed by atoms with Crippen molar-refractivity contribution in [2.24, 2.45) is 4.99 Å². The van der Waals surface area contributed by atoms with Gasteiger partial charge in [0, 0.05) is 25.2 Å². The summed E-state index contributed by atoms with van der Waals surface area (Å²) >= 11 is 6.13. The number of ether oxygens (including phenoxy) is 1. The number of methoxy groups -OCH3 is 1. The molecule has 0 unspecified atom stereocenters. The Hall–Kier alpha value is -0.530. The van der Waals surface area contributed by atoms with Crippen LogP contribution in [0, 0.1) is 0 Å². The zero-order chi connectivity index (χ0) is 15.0. The maximum Gasteiger partial charge on any atom is 0.191 e. The first-order valence-corrected chi connectivity index (χ1v) is 7.17. The summed E-state index contributed by atoms with van der Waals surface area (Å²) in [6.45, 7) is 8.12. The van der Waals surface area contributed by atoms with E-state index in [0.29, 0.717) is 13.1 Å². The second-order valence-corrected chi connectivity index (χ2v) is 5.51. The van der Waals surface area contributed by atoms with Crippen molar-refractivity contribution in [2.75, 3.05) is 20.2 Å². The lowest BCUT2D eigenvalue weighted by Crippen LogP contribution is -2.45. The Morgan fingerprint density at radius 3 is 2.52 bits per heavy atom. The van der Waals surface area contributed by atoms with Gasteiger partial charge in [0.1, 0.15) is 0 Å². The third-order valence-corrected chi connectivity index (χ3v) is 3.31. The lowest BCUT2D eigenvalue weighted by Gasteiger charge is -2.24. The van der Waals surface area contributed by atoms with Gasteiger partial charge in [-0.05, 0) is 32.4 Å². The molecule has 0 aromatic heterocycles. The SMILES string of the molecule is CCNC(=NCc1ccccc1Cl)NCC(C)(C)OC.I. The Balaban J connectivity index is 0.00000400. The smallest absolute Gasteiger partial charge is 0.191 e. The lowest BCUT2D eigenvalue weighted by molar-refractivity contribution is 0.0268. The number of hydrogen-bond donors (Lipinski definition) is 2. The molecule has 0 aliphatic rings. The minimum atomic E-state index is -0.236. The van der Waals surface area contributed by atoms with E-state index in [2.05, 4.69) is 15.6 Å². The summed E-state index contributed by atoms with van der Waals surface area (Å²) in [7, 11) is 1.70. The van der Waals surface area contributed by atoms with Crippen molar-refractivity contribution >= 4 is 41.5 Å². The zero-order valence-corrected chi connectivity index (χ0v) is 16.2. The molecule has 4 nitrogen and oxygen atoms in total. The van der Waals surface area contributed by atoms with Crippen molar-refractivity contribution in [3.63, 3.8) is 0 Å². The predicted molar refractivity (Wildman–Crippen MR) is 101 cm³/mol. The van der Waals surface area contributed by atoms with Gasteiger partial charge in [-0.2, -0.15) is 0 Å². The van der Waals surface area contributed by atoms with Crippen LogP contribution in [0.2, 0.25) is 5.02 Å². The van der Waals surface area contributed by atoms with Gasteiger partial charge in [-0.3, -0.25) is 0 Å². The van der Waals surface area contributed by atoms with Crippen molar-refractivity contribution < 1.29 is 4.74 Å². The number of guanidine groups is 1. The lowest BCUT2D eigenvalue weighted by atomic mass is 10.1. The molecule has 0 atom stereocenters. The zero-order valence-electron chi connectivity index (χ0n) is 13.1. The number of nitrogens with one attached hydrogen (secondary N) is 2. The number of benzene rings is 1. The van der Waals surface area contributed by atoms with Crippen LogP contribution in [0.4, 0.5) is 0 Å². The van der Waals surface area contributed by atoms with E-state index in [1.807, 2.05) is 45.0 Å². The molecule has 0 spiro atoms. The van der Waals surface area contributed by atoms with Crippen LogP contribution in [0.3, 0.4) is 0 Å². The molecule has 1 aromatic rings. The number of nitrogens with zero attached hydrogens (tertiary/aromatic N) is 1. The molecule has 1 rings (SSSR count). The first-order valence-electron chi connectivity index (χ1n) is 6.79. The van der Waals surface area contributed by atoms with Gasteiger partial charge in [0.05, 0.1) is 12.1 Å². The Labute approximate surface area is 149 Å². The van der Waals surface area contributed by atoms with Gasteiger partial charge in [0.2, 0.25) is 0 Å². The quantitative estimate of drug-likeness (QED) is 0.417. The third-order valence-electron chi connectivity index (χ3n) is 2.94.